The minimum atomic E-state index is 0.650. The van der Waals surface area contributed by atoms with Crippen LogP contribution in [0.15, 0.2) is 6.20 Å². The lowest BCUT2D eigenvalue weighted by Crippen LogP contribution is -2.55. The Morgan fingerprint density at radius 1 is 1.75 bits per heavy atom. The van der Waals surface area contributed by atoms with Crippen LogP contribution in [0.3, 0.4) is 0 Å². The van der Waals surface area contributed by atoms with Gasteiger partial charge in [0.05, 0.1) is 23.6 Å². The molecule has 0 bridgehead atoms. The molecule has 0 aliphatic carbocycles. The summed E-state index contributed by atoms with van der Waals surface area (Å²) in [6.45, 7) is 3.16. The maximum Gasteiger partial charge on any atom is 0.0880 e. The van der Waals surface area contributed by atoms with Gasteiger partial charge in [-0.1, -0.05) is 0 Å². The third kappa shape index (κ3) is 1.80. The molecule has 0 unspecified atom stereocenters. The van der Waals surface area contributed by atoms with Gasteiger partial charge in [0, 0.05) is 25.7 Å². The Labute approximate surface area is 75.9 Å². The Morgan fingerprint density at radius 2 is 2.58 bits per heavy atom. The van der Waals surface area contributed by atoms with Crippen molar-refractivity contribution in [2.24, 2.45) is 0 Å². The molecule has 0 aromatic carbocycles. The minimum absolute atomic E-state index is 0.650. The molecule has 66 valence electrons. The molecule has 12 heavy (non-hydrogen) atoms. The zero-order chi connectivity index (χ0) is 8.39. The first kappa shape index (κ1) is 8.10. The van der Waals surface area contributed by atoms with E-state index in [4.69, 9.17) is 0 Å². The van der Waals surface area contributed by atoms with Gasteiger partial charge >= 0.3 is 0 Å². The van der Waals surface area contributed by atoms with E-state index in [0.717, 1.165) is 25.3 Å². The summed E-state index contributed by atoms with van der Waals surface area (Å²) in [5.74, 6) is 0. The molecule has 1 fully saturated rings. The molecule has 4 nitrogen and oxygen atoms in total. The maximum absolute atomic E-state index is 4.12. The summed E-state index contributed by atoms with van der Waals surface area (Å²) in [7, 11) is 2.13. The monoisotopic (exact) mass is 184 g/mol. The Balaban J connectivity index is 1.70. The van der Waals surface area contributed by atoms with Crippen LogP contribution in [-0.4, -0.2) is 39.8 Å². The molecule has 1 saturated heterocycles. The number of hydrogen-bond acceptors (Lipinski definition) is 5. The predicted octanol–water partition coefficient (Wildman–Crippen LogP) is -0.0583. The van der Waals surface area contributed by atoms with Crippen LogP contribution in [0, 0.1) is 0 Å². The summed E-state index contributed by atoms with van der Waals surface area (Å²) in [6, 6.07) is 0.650. The number of rotatable bonds is 3. The molecule has 2 rings (SSSR count). The van der Waals surface area contributed by atoms with Gasteiger partial charge in [0.1, 0.15) is 0 Å². The fourth-order valence-electron chi connectivity index (χ4n) is 1.34. The highest BCUT2D eigenvalue weighted by molar-refractivity contribution is 6.99. The third-order valence-electron chi connectivity index (χ3n) is 2.04. The van der Waals surface area contributed by atoms with Crippen LogP contribution in [0.1, 0.15) is 5.69 Å². The Bertz CT molecular complexity index is 230. The second-order valence-electron chi connectivity index (χ2n) is 3.20. The van der Waals surface area contributed by atoms with Crippen LogP contribution in [0.25, 0.3) is 0 Å². The average molecular weight is 184 g/mol. The van der Waals surface area contributed by atoms with Crippen LogP contribution >= 0.6 is 11.7 Å². The van der Waals surface area contributed by atoms with Crippen LogP contribution in [0.5, 0.6) is 0 Å². The van der Waals surface area contributed by atoms with E-state index in [1.54, 1.807) is 0 Å². The molecule has 1 aromatic heterocycles. The standard InChI is InChI=1S/C7H12N4S/c1-11-4-7(5-11)8-2-6-3-9-12-10-6/h3,7-8H,2,4-5H2,1H3. The van der Waals surface area contributed by atoms with Gasteiger partial charge in [-0.15, -0.1) is 0 Å². The third-order valence-corrected chi connectivity index (χ3v) is 2.56. The summed E-state index contributed by atoms with van der Waals surface area (Å²) in [5.41, 5.74) is 1.05. The number of aromatic nitrogens is 2. The van der Waals surface area contributed by atoms with Crippen LogP contribution in [0.2, 0.25) is 0 Å². The zero-order valence-corrected chi connectivity index (χ0v) is 7.84. The van der Waals surface area contributed by atoms with Gasteiger partial charge in [-0.3, -0.25) is 0 Å². The van der Waals surface area contributed by atoms with Gasteiger partial charge < -0.3 is 10.2 Å². The van der Waals surface area contributed by atoms with E-state index < -0.39 is 0 Å². The normalized spacial score (nSPS) is 19.4. The van der Waals surface area contributed by atoms with Crippen LogP contribution in [0.4, 0.5) is 0 Å². The summed E-state index contributed by atoms with van der Waals surface area (Å²) >= 11 is 1.27. The van der Waals surface area contributed by atoms with Crippen molar-refractivity contribution in [1.82, 2.24) is 19.0 Å². The van der Waals surface area contributed by atoms with Gasteiger partial charge in [0.25, 0.3) is 0 Å². The van der Waals surface area contributed by atoms with Crippen molar-refractivity contribution in [1.29, 1.82) is 0 Å². The predicted molar refractivity (Wildman–Crippen MR) is 48.0 cm³/mol. The lowest BCUT2D eigenvalue weighted by Gasteiger charge is -2.36. The molecule has 0 atom stereocenters. The molecule has 1 N–H and O–H groups in total. The van der Waals surface area contributed by atoms with E-state index in [9.17, 15) is 0 Å². The van der Waals surface area contributed by atoms with E-state index in [2.05, 4.69) is 26.0 Å². The van der Waals surface area contributed by atoms with Crippen molar-refractivity contribution in [3.8, 4) is 0 Å². The van der Waals surface area contributed by atoms with Crippen LogP contribution < -0.4 is 5.32 Å². The highest BCUT2D eigenvalue weighted by Crippen LogP contribution is 2.04. The molecular formula is C7H12N4S. The summed E-state index contributed by atoms with van der Waals surface area (Å²) < 4.78 is 8.06. The molecule has 5 heteroatoms. The fraction of sp³-hybridized carbons (Fsp3) is 0.714. The van der Waals surface area contributed by atoms with E-state index in [1.165, 1.54) is 11.7 Å². The number of likely N-dealkylation sites (tertiary alicyclic amines) is 1. The minimum Gasteiger partial charge on any atom is -0.306 e. The maximum atomic E-state index is 4.12. The summed E-state index contributed by atoms with van der Waals surface area (Å²) in [4.78, 5) is 2.29. The zero-order valence-electron chi connectivity index (χ0n) is 7.03. The van der Waals surface area contributed by atoms with Crippen molar-refractivity contribution in [3.05, 3.63) is 11.9 Å². The fourth-order valence-corrected chi connectivity index (χ4v) is 1.77. The molecule has 2 heterocycles. The smallest absolute Gasteiger partial charge is 0.0880 e. The second kappa shape index (κ2) is 3.47. The number of nitrogens with one attached hydrogen (secondary N) is 1. The van der Waals surface area contributed by atoms with E-state index in [0.29, 0.717) is 6.04 Å². The largest absolute Gasteiger partial charge is 0.306 e. The Morgan fingerprint density at radius 3 is 3.17 bits per heavy atom. The molecule has 1 aromatic rings. The van der Waals surface area contributed by atoms with Gasteiger partial charge in [-0.05, 0) is 7.05 Å². The number of hydrogen-bond donors (Lipinski definition) is 1. The van der Waals surface area contributed by atoms with Gasteiger partial charge in [-0.2, -0.15) is 8.75 Å². The molecule has 1 aliphatic heterocycles. The molecule has 0 saturated carbocycles. The van der Waals surface area contributed by atoms with Crippen LogP contribution in [-0.2, 0) is 6.54 Å². The quantitative estimate of drug-likeness (QED) is 0.714. The molecule has 0 radical (unpaired) electrons. The van der Waals surface area contributed by atoms with Crippen molar-refractivity contribution in [2.45, 2.75) is 12.6 Å². The summed E-state index contributed by atoms with van der Waals surface area (Å²) in [5, 5.41) is 3.41. The SMILES string of the molecule is CN1CC(NCc2cnsn2)C1. The Kier molecular flexibility index (Phi) is 2.34. The number of likely N-dealkylation sites (N-methyl/N-ethyl adjacent to an activating group) is 1. The van der Waals surface area contributed by atoms with Crippen molar-refractivity contribution in [3.63, 3.8) is 0 Å². The Hall–Kier alpha value is -0.520. The van der Waals surface area contributed by atoms with Crippen molar-refractivity contribution >= 4 is 11.7 Å². The topological polar surface area (TPSA) is 41.0 Å². The first-order valence-electron chi connectivity index (χ1n) is 4.03. The van der Waals surface area contributed by atoms with Gasteiger partial charge in [0.15, 0.2) is 0 Å². The van der Waals surface area contributed by atoms with E-state index >= 15 is 0 Å². The average Bonchev–Trinajstić information content (AvgIpc) is 2.47. The van der Waals surface area contributed by atoms with E-state index in [-0.39, 0.29) is 0 Å². The van der Waals surface area contributed by atoms with E-state index in [1.807, 2.05) is 6.20 Å². The molecule has 0 spiro atoms. The van der Waals surface area contributed by atoms with Gasteiger partial charge in [-0.25, -0.2) is 0 Å². The van der Waals surface area contributed by atoms with Gasteiger partial charge in [0.2, 0.25) is 0 Å². The molecule has 1 aliphatic rings. The second-order valence-corrected chi connectivity index (χ2v) is 3.75. The number of nitrogens with zero attached hydrogens (tertiary/aromatic N) is 3. The summed E-state index contributed by atoms with van der Waals surface area (Å²) in [6.07, 6.45) is 1.82. The highest BCUT2D eigenvalue weighted by atomic mass is 32.1. The molecular weight excluding hydrogens is 172 g/mol. The molecule has 0 amide bonds. The lowest BCUT2D eigenvalue weighted by molar-refractivity contribution is 0.160. The highest BCUT2D eigenvalue weighted by Gasteiger charge is 2.22. The van der Waals surface area contributed by atoms with Crippen molar-refractivity contribution < 1.29 is 0 Å². The first-order chi connectivity index (χ1) is 5.84. The first-order valence-corrected chi connectivity index (χ1v) is 4.76. The lowest BCUT2D eigenvalue weighted by atomic mass is 10.1. The van der Waals surface area contributed by atoms with Crippen molar-refractivity contribution in [2.75, 3.05) is 20.1 Å².